The summed E-state index contributed by atoms with van der Waals surface area (Å²) in [6, 6.07) is 3.11. The normalized spacial score (nSPS) is 19.1. The van der Waals surface area contributed by atoms with Crippen molar-refractivity contribution in [1.82, 2.24) is 9.80 Å². The van der Waals surface area contributed by atoms with Crippen LogP contribution < -0.4 is 0 Å². The smallest absolute Gasteiger partial charge is 0.305 e. The van der Waals surface area contributed by atoms with Crippen molar-refractivity contribution in [3.05, 3.63) is 36.3 Å². The second-order valence-corrected chi connectivity index (χ2v) is 5.85. The molecule has 1 aliphatic rings. The molecule has 6 nitrogen and oxygen atoms in total. The van der Waals surface area contributed by atoms with Gasteiger partial charge in [0.25, 0.3) is 0 Å². The van der Waals surface area contributed by atoms with Crippen molar-refractivity contribution in [3.63, 3.8) is 0 Å². The number of carbonyl (C=O) groups is 2. The van der Waals surface area contributed by atoms with E-state index in [0.29, 0.717) is 26.2 Å². The van der Waals surface area contributed by atoms with Gasteiger partial charge in [0.1, 0.15) is 17.6 Å². The Morgan fingerprint density at radius 2 is 2.26 bits per heavy atom. The largest absolute Gasteiger partial charge is 0.481 e. The number of carboxylic acids is 1. The van der Waals surface area contributed by atoms with E-state index in [1.807, 2.05) is 30.0 Å². The van der Waals surface area contributed by atoms with Gasteiger partial charge >= 0.3 is 5.97 Å². The molecule has 1 amide bonds. The van der Waals surface area contributed by atoms with Crippen LogP contribution in [0, 0.1) is 6.92 Å². The number of nitrogens with zero attached hydrogens (tertiary/aromatic N) is 2. The molecule has 1 atom stereocenters. The van der Waals surface area contributed by atoms with Crippen LogP contribution in [-0.2, 0) is 16.1 Å². The maximum absolute atomic E-state index is 12.6. The number of piperazine rings is 1. The lowest BCUT2D eigenvalue weighted by molar-refractivity contribution is -0.149. The van der Waals surface area contributed by atoms with Gasteiger partial charge in [0.15, 0.2) is 0 Å². The molecule has 6 heteroatoms. The average molecular weight is 320 g/mol. The fourth-order valence-corrected chi connectivity index (χ4v) is 2.87. The minimum atomic E-state index is -0.961. The molecule has 0 spiro atoms. The highest BCUT2D eigenvalue weighted by Gasteiger charge is 2.36. The number of aryl methyl sites for hydroxylation is 1. The van der Waals surface area contributed by atoms with Crippen molar-refractivity contribution in [1.29, 1.82) is 0 Å². The Morgan fingerprint density at radius 3 is 2.87 bits per heavy atom. The highest BCUT2D eigenvalue weighted by atomic mass is 16.4. The van der Waals surface area contributed by atoms with Gasteiger partial charge in [0.05, 0.1) is 13.0 Å². The fraction of sp³-hybridized carbons (Fsp3) is 0.529. The van der Waals surface area contributed by atoms with Gasteiger partial charge in [-0.1, -0.05) is 6.08 Å². The second-order valence-electron chi connectivity index (χ2n) is 5.85. The van der Waals surface area contributed by atoms with Gasteiger partial charge in [-0.3, -0.25) is 14.5 Å². The number of carboxylic acid groups (broad SMARTS) is 1. The van der Waals surface area contributed by atoms with E-state index in [9.17, 15) is 9.59 Å². The van der Waals surface area contributed by atoms with Crippen LogP contribution in [-0.4, -0.2) is 52.5 Å². The van der Waals surface area contributed by atoms with E-state index in [0.717, 1.165) is 24.4 Å². The Kier molecular flexibility index (Phi) is 5.98. The van der Waals surface area contributed by atoms with Crippen LogP contribution in [0.2, 0.25) is 0 Å². The van der Waals surface area contributed by atoms with E-state index in [4.69, 9.17) is 9.52 Å². The van der Waals surface area contributed by atoms with Crippen molar-refractivity contribution in [2.45, 2.75) is 38.8 Å². The lowest BCUT2D eigenvalue weighted by atomic mass is 10.1. The highest BCUT2D eigenvalue weighted by Crippen LogP contribution is 2.19. The first-order valence-electron chi connectivity index (χ1n) is 7.92. The lowest BCUT2D eigenvalue weighted by Crippen LogP contribution is -2.57. The summed E-state index contributed by atoms with van der Waals surface area (Å²) in [5.74, 6) is 0.498. The summed E-state index contributed by atoms with van der Waals surface area (Å²) in [6.07, 6.45) is 3.35. The average Bonchev–Trinajstić information content (AvgIpc) is 2.90. The van der Waals surface area contributed by atoms with E-state index in [-0.39, 0.29) is 12.3 Å². The number of hydrogen-bond acceptors (Lipinski definition) is 4. The summed E-state index contributed by atoms with van der Waals surface area (Å²) in [6.45, 7) is 7.91. The summed E-state index contributed by atoms with van der Waals surface area (Å²) in [7, 11) is 0. The van der Waals surface area contributed by atoms with Gasteiger partial charge in [0.2, 0.25) is 5.91 Å². The Morgan fingerprint density at radius 1 is 1.48 bits per heavy atom. The zero-order valence-electron chi connectivity index (χ0n) is 13.5. The van der Waals surface area contributed by atoms with Crippen LogP contribution in [0.4, 0.5) is 0 Å². The quantitative estimate of drug-likeness (QED) is 0.586. The van der Waals surface area contributed by atoms with Crippen molar-refractivity contribution >= 4 is 11.9 Å². The molecule has 1 N–H and O–H groups in total. The van der Waals surface area contributed by atoms with E-state index in [1.165, 1.54) is 0 Å². The van der Waals surface area contributed by atoms with Crippen LogP contribution in [0.5, 0.6) is 0 Å². The molecule has 23 heavy (non-hydrogen) atoms. The van der Waals surface area contributed by atoms with Crippen LogP contribution in [0.15, 0.2) is 29.2 Å². The first-order valence-corrected chi connectivity index (χ1v) is 7.92. The third-order valence-electron chi connectivity index (χ3n) is 4.05. The molecule has 1 saturated heterocycles. The second kappa shape index (κ2) is 7.97. The summed E-state index contributed by atoms with van der Waals surface area (Å²) >= 11 is 0. The third kappa shape index (κ3) is 4.69. The molecule has 0 saturated carbocycles. The molecule has 0 aliphatic carbocycles. The molecule has 0 bridgehead atoms. The summed E-state index contributed by atoms with van der Waals surface area (Å²) in [4.78, 5) is 27.4. The SMILES string of the molecule is C=CCCCN1CCN(Cc2ccc(C)o2)C(CC(=O)O)C1=O. The molecule has 1 aliphatic heterocycles. The zero-order chi connectivity index (χ0) is 16.8. The standard InChI is InChI=1S/C17H24N2O4/c1-3-4-5-8-18-9-10-19(12-14-7-6-13(2)23-14)15(17(18)22)11-16(20)21/h3,6-7,15H,1,4-5,8-12H2,2H3,(H,20,21). The number of allylic oxidation sites excluding steroid dienone is 1. The van der Waals surface area contributed by atoms with Crippen LogP contribution in [0.1, 0.15) is 30.8 Å². The Labute approximate surface area is 136 Å². The molecule has 126 valence electrons. The van der Waals surface area contributed by atoms with E-state index >= 15 is 0 Å². The summed E-state index contributed by atoms with van der Waals surface area (Å²) < 4.78 is 5.56. The Balaban J connectivity index is 2.05. The van der Waals surface area contributed by atoms with Gasteiger partial charge in [-0.25, -0.2) is 0 Å². The molecule has 0 aromatic carbocycles. The Bertz CT molecular complexity index is 567. The first-order chi connectivity index (χ1) is 11.0. The number of unbranched alkanes of at least 4 members (excludes halogenated alkanes) is 1. The summed E-state index contributed by atoms with van der Waals surface area (Å²) in [5, 5.41) is 9.14. The van der Waals surface area contributed by atoms with Gasteiger partial charge in [-0.2, -0.15) is 0 Å². The minimum absolute atomic E-state index is 0.106. The maximum Gasteiger partial charge on any atom is 0.305 e. The van der Waals surface area contributed by atoms with Gasteiger partial charge in [0, 0.05) is 19.6 Å². The molecule has 1 aromatic heterocycles. The molecule has 1 aromatic rings. The molecule has 0 radical (unpaired) electrons. The fourth-order valence-electron chi connectivity index (χ4n) is 2.87. The predicted octanol–water partition coefficient (Wildman–Crippen LogP) is 2.04. The number of hydrogen-bond donors (Lipinski definition) is 1. The maximum atomic E-state index is 12.6. The van der Waals surface area contributed by atoms with Crippen molar-refractivity contribution in [2.24, 2.45) is 0 Å². The minimum Gasteiger partial charge on any atom is -0.481 e. The highest BCUT2D eigenvalue weighted by molar-refractivity contribution is 5.86. The number of carbonyl (C=O) groups excluding carboxylic acids is 1. The third-order valence-corrected chi connectivity index (χ3v) is 4.05. The molecule has 2 rings (SSSR count). The van der Waals surface area contributed by atoms with Crippen molar-refractivity contribution in [2.75, 3.05) is 19.6 Å². The molecule has 2 heterocycles. The molecular weight excluding hydrogens is 296 g/mol. The topological polar surface area (TPSA) is 74.0 Å². The van der Waals surface area contributed by atoms with Crippen molar-refractivity contribution < 1.29 is 19.1 Å². The first kappa shape index (κ1) is 17.3. The number of amides is 1. The molecule has 1 unspecified atom stereocenters. The monoisotopic (exact) mass is 320 g/mol. The van der Waals surface area contributed by atoms with Gasteiger partial charge < -0.3 is 14.4 Å². The predicted molar refractivity (Wildman–Crippen MR) is 85.9 cm³/mol. The zero-order valence-corrected chi connectivity index (χ0v) is 13.5. The van der Waals surface area contributed by atoms with Crippen LogP contribution in [0.25, 0.3) is 0 Å². The van der Waals surface area contributed by atoms with Gasteiger partial charge in [-0.05, 0) is 31.9 Å². The number of aliphatic carboxylic acids is 1. The van der Waals surface area contributed by atoms with E-state index in [1.54, 1.807) is 4.90 Å². The summed E-state index contributed by atoms with van der Waals surface area (Å²) in [5.41, 5.74) is 0. The van der Waals surface area contributed by atoms with E-state index in [2.05, 4.69) is 6.58 Å². The lowest BCUT2D eigenvalue weighted by Gasteiger charge is -2.39. The Hall–Kier alpha value is -2.08. The number of rotatable bonds is 8. The van der Waals surface area contributed by atoms with Crippen molar-refractivity contribution in [3.8, 4) is 0 Å². The molecular formula is C17H24N2O4. The van der Waals surface area contributed by atoms with E-state index < -0.39 is 12.0 Å². The van der Waals surface area contributed by atoms with Crippen LogP contribution >= 0.6 is 0 Å². The molecule has 1 fully saturated rings. The van der Waals surface area contributed by atoms with Crippen LogP contribution in [0.3, 0.4) is 0 Å². The number of furan rings is 1. The van der Waals surface area contributed by atoms with Gasteiger partial charge in [-0.15, -0.1) is 6.58 Å².